The van der Waals surface area contributed by atoms with Crippen molar-refractivity contribution in [2.24, 2.45) is 5.92 Å². The van der Waals surface area contributed by atoms with Crippen molar-refractivity contribution in [3.63, 3.8) is 0 Å². The Morgan fingerprint density at radius 3 is 2.74 bits per heavy atom. The summed E-state index contributed by atoms with van der Waals surface area (Å²) < 4.78 is 66.6. The lowest BCUT2D eigenvalue weighted by molar-refractivity contribution is -0.137. The standard InChI is InChI=1S/C23H24F3N5O3S/c24-23(25,26)17-5-1-6-18(12-17)35(33,34)31-10-3-4-16(14-31)22(32)30-11-8-15(13-30)20-28-19-7-2-9-27-21(19)29-20/h1-2,5-7,9,12,15-16H,3-4,8,10-11,13-14H2,(H-,27,28,29,33,34). The normalized spacial score (nSPS) is 23.5. The Morgan fingerprint density at radius 1 is 1.14 bits per heavy atom. The molecule has 0 saturated carbocycles. The van der Waals surface area contributed by atoms with Crippen molar-refractivity contribution < 1.29 is 26.7 Å². The summed E-state index contributed by atoms with van der Waals surface area (Å²) >= 11 is 0. The molecule has 186 valence electrons. The SMILES string of the molecule is O=C(C1CCCN([S+](=O)([O-])c2cccc(C(F)(F)F)c2)C1)N1CCC(c2nc3ncccc3[nH]2)C1. The number of nitrogens with zero attached hydrogens (tertiary/aromatic N) is 4. The van der Waals surface area contributed by atoms with Gasteiger partial charge < -0.3 is 14.4 Å². The number of imidazole rings is 1. The average Bonchev–Trinajstić information content (AvgIpc) is 3.50. The number of rotatable bonds is 4. The molecule has 0 bridgehead atoms. The van der Waals surface area contributed by atoms with Crippen LogP contribution in [0.1, 0.15) is 36.6 Å². The summed E-state index contributed by atoms with van der Waals surface area (Å²) in [5.41, 5.74) is 0.428. The molecule has 3 aromatic rings. The highest BCUT2D eigenvalue weighted by Gasteiger charge is 2.41. The average molecular weight is 508 g/mol. The molecule has 0 radical (unpaired) electrons. The fourth-order valence-corrected chi connectivity index (χ4v) is 6.41. The molecule has 1 N–H and O–H groups in total. The number of H-pyrrole nitrogens is 1. The Kier molecular flexibility index (Phi) is 6.14. The quantitative estimate of drug-likeness (QED) is 0.544. The maximum Gasteiger partial charge on any atom is 0.416 e. The zero-order chi connectivity index (χ0) is 24.8. The van der Waals surface area contributed by atoms with E-state index in [9.17, 15) is 26.7 Å². The molecule has 1 amide bonds. The van der Waals surface area contributed by atoms with Gasteiger partial charge in [-0.05, 0) is 43.5 Å². The number of hydrogen-bond acceptors (Lipinski definition) is 5. The first kappa shape index (κ1) is 23.9. The number of benzene rings is 1. The van der Waals surface area contributed by atoms with Crippen LogP contribution in [0.5, 0.6) is 0 Å². The largest absolute Gasteiger partial charge is 0.593 e. The topological polar surface area (TPSA) is 105 Å². The number of halogens is 3. The molecule has 2 aliphatic heterocycles. The first-order chi connectivity index (χ1) is 16.6. The third kappa shape index (κ3) is 4.69. The van der Waals surface area contributed by atoms with E-state index in [2.05, 4.69) is 15.0 Å². The van der Waals surface area contributed by atoms with Crippen molar-refractivity contribution >= 4 is 27.5 Å². The third-order valence-corrected chi connectivity index (χ3v) is 8.56. The van der Waals surface area contributed by atoms with Crippen molar-refractivity contribution in [3.05, 3.63) is 54.0 Å². The first-order valence-electron chi connectivity index (χ1n) is 11.4. The molecule has 3 unspecified atom stereocenters. The Morgan fingerprint density at radius 2 is 1.97 bits per heavy atom. The van der Waals surface area contributed by atoms with Crippen molar-refractivity contribution in [1.82, 2.24) is 24.2 Å². The van der Waals surface area contributed by atoms with Crippen molar-refractivity contribution in [1.29, 1.82) is 0 Å². The number of amides is 1. The number of aromatic nitrogens is 3. The van der Waals surface area contributed by atoms with E-state index in [-0.39, 0.29) is 24.9 Å². The van der Waals surface area contributed by atoms with E-state index in [0.717, 1.165) is 40.3 Å². The van der Waals surface area contributed by atoms with Gasteiger partial charge in [-0.25, -0.2) is 9.97 Å². The molecule has 2 aliphatic rings. The number of piperidine rings is 1. The zero-order valence-corrected chi connectivity index (χ0v) is 19.5. The van der Waals surface area contributed by atoms with Gasteiger partial charge in [0.1, 0.15) is 5.82 Å². The van der Waals surface area contributed by atoms with Gasteiger partial charge in [-0.2, -0.15) is 13.2 Å². The van der Waals surface area contributed by atoms with Gasteiger partial charge in [0, 0.05) is 37.8 Å². The highest BCUT2D eigenvalue weighted by atomic mass is 32.3. The molecule has 12 heteroatoms. The minimum absolute atomic E-state index is 0.0293. The summed E-state index contributed by atoms with van der Waals surface area (Å²) in [7, 11) is -4.16. The molecule has 4 heterocycles. The van der Waals surface area contributed by atoms with E-state index < -0.39 is 33.0 Å². The lowest BCUT2D eigenvalue weighted by Crippen LogP contribution is -2.48. The van der Waals surface area contributed by atoms with Gasteiger partial charge in [-0.15, -0.1) is 4.31 Å². The molecule has 1 aromatic carbocycles. The van der Waals surface area contributed by atoms with Crippen LogP contribution in [-0.4, -0.2) is 60.8 Å². The number of carbonyl (C=O) groups is 1. The number of hydrogen-bond donors (Lipinski definition) is 1. The second-order valence-electron chi connectivity index (χ2n) is 8.99. The molecule has 2 saturated heterocycles. The molecule has 2 aromatic heterocycles. The Labute approximate surface area is 200 Å². The van der Waals surface area contributed by atoms with Gasteiger partial charge in [0.25, 0.3) is 0 Å². The van der Waals surface area contributed by atoms with Gasteiger partial charge in [-0.3, -0.25) is 4.79 Å². The van der Waals surface area contributed by atoms with E-state index in [1.54, 1.807) is 11.1 Å². The second kappa shape index (κ2) is 8.99. The predicted molar refractivity (Wildman–Crippen MR) is 121 cm³/mol. The lowest BCUT2D eigenvalue weighted by Gasteiger charge is -2.35. The van der Waals surface area contributed by atoms with Crippen LogP contribution in [0.4, 0.5) is 13.2 Å². The van der Waals surface area contributed by atoms with E-state index in [1.807, 2.05) is 12.1 Å². The third-order valence-electron chi connectivity index (χ3n) is 6.69. The minimum atomic E-state index is -4.64. The van der Waals surface area contributed by atoms with Gasteiger partial charge in [0.2, 0.25) is 5.91 Å². The van der Waals surface area contributed by atoms with Crippen molar-refractivity contribution in [3.8, 4) is 0 Å². The Hall–Kier alpha value is -2.83. The number of aromatic amines is 1. The summed E-state index contributed by atoms with van der Waals surface area (Å²) in [4.78, 5) is 26.6. The highest BCUT2D eigenvalue weighted by molar-refractivity contribution is 7.95. The molecule has 2 fully saturated rings. The summed E-state index contributed by atoms with van der Waals surface area (Å²) in [5, 5.41) is 0. The van der Waals surface area contributed by atoms with Gasteiger partial charge >= 0.3 is 6.18 Å². The molecule has 3 atom stereocenters. The molecular formula is C23H24F3N5O3S. The summed E-state index contributed by atoms with van der Waals surface area (Å²) in [5.74, 6) is 0.124. The fraction of sp³-hybridized carbons (Fsp3) is 0.435. The van der Waals surface area contributed by atoms with Crippen molar-refractivity contribution in [2.75, 3.05) is 26.2 Å². The van der Waals surface area contributed by atoms with Crippen LogP contribution in [0, 0.1) is 5.92 Å². The Balaban J connectivity index is 1.27. The summed E-state index contributed by atoms with van der Waals surface area (Å²) in [6.45, 7) is 1.12. The summed E-state index contributed by atoms with van der Waals surface area (Å²) in [6, 6.07) is 7.43. The second-order valence-corrected chi connectivity index (χ2v) is 10.9. The van der Waals surface area contributed by atoms with Crippen LogP contribution in [0.25, 0.3) is 11.2 Å². The van der Waals surface area contributed by atoms with Gasteiger partial charge in [0.15, 0.2) is 20.9 Å². The molecule has 0 aliphatic carbocycles. The van der Waals surface area contributed by atoms with E-state index in [0.29, 0.717) is 37.6 Å². The fourth-order valence-electron chi connectivity index (χ4n) is 4.84. The number of fused-ring (bicyclic) bond motifs is 1. The number of nitrogens with one attached hydrogen (secondary N) is 1. The Bertz CT molecular complexity index is 1260. The summed E-state index contributed by atoms with van der Waals surface area (Å²) in [6.07, 6.45) is -1.26. The number of alkyl halides is 3. The highest BCUT2D eigenvalue weighted by Crippen LogP contribution is 2.35. The van der Waals surface area contributed by atoms with Crippen LogP contribution >= 0.6 is 0 Å². The molecular weight excluding hydrogens is 483 g/mol. The first-order valence-corrected chi connectivity index (χ1v) is 12.8. The molecule has 5 rings (SSSR count). The van der Waals surface area contributed by atoms with Gasteiger partial charge in [-0.1, -0.05) is 10.3 Å². The maximum atomic E-state index is 13.3. The predicted octanol–water partition coefficient (Wildman–Crippen LogP) is 3.61. The van der Waals surface area contributed by atoms with E-state index >= 15 is 0 Å². The number of sulfonamides is 1. The number of likely N-dealkylation sites (tertiary alicyclic amines) is 1. The lowest BCUT2D eigenvalue weighted by atomic mass is 9.98. The number of pyridine rings is 1. The van der Waals surface area contributed by atoms with E-state index in [1.165, 1.54) is 0 Å². The molecule has 0 spiro atoms. The zero-order valence-electron chi connectivity index (χ0n) is 18.7. The van der Waals surface area contributed by atoms with E-state index in [4.69, 9.17) is 0 Å². The van der Waals surface area contributed by atoms with Gasteiger partial charge in [0.05, 0.1) is 23.5 Å². The van der Waals surface area contributed by atoms with Crippen molar-refractivity contribution in [2.45, 2.75) is 36.3 Å². The van der Waals surface area contributed by atoms with Crippen LogP contribution in [0.3, 0.4) is 0 Å². The van der Waals surface area contributed by atoms with Crippen LogP contribution in [0.2, 0.25) is 0 Å². The maximum absolute atomic E-state index is 13.3. The monoisotopic (exact) mass is 507 g/mol. The van der Waals surface area contributed by atoms with Crippen LogP contribution in [0.15, 0.2) is 47.5 Å². The van der Waals surface area contributed by atoms with Crippen LogP contribution < -0.4 is 0 Å². The smallest absolute Gasteiger partial charge is 0.416 e. The number of carbonyl (C=O) groups excluding carboxylic acids is 1. The minimum Gasteiger partial charge on any atom is -0.593 e. The molecule has 8 nitrogen and oxygen atoms in total. The molecule has 35 heavy (non-hydrogen) atoms. The van der Waals surface area contributed by atoms with Crippen LogP contribution in [-0.2, 0) is 25.6 Å².